The molecule has 0 heterocycles. The number of methoxy groups -OCH3 is 1. The summed E-state index contributed by atoms with van der Waals surface area (Å²) in [5.74, 6) is -4.88. The molecule has 0 aliphatic heterocycles. The molecular formula is C24H15F3N2O4. The van der Waals surface area contributed by atoms with Crippen molar-refractivity contribution in [1.29, 1.82) is 10.5 Å². The van der Waals surface area contributed by atoms with E-state index in [0.717, 1.165) is 0 Å². The van der Waals surface area contributed by atoms with E-state index >= 15 is 0 Å². The molecular weight excluding hydrogens is 437 g/mol. The van der Waals surface area contributed by atoms with Gasteiger partial charge >= 0.3 is 0 Å². The van der Waals surface area contributed by atoms with Crippen molar-refractivity contribution in [2.45, 2.75) is 6.10 Å². The second-order valence-corrected chi connectivity index (χ2v) is 6.63. The van der Waals surface area contributed by atoms with Crippen LogP contribution in [-0.2, 0) is 14.3 Å². The first kappa shape index (κ1) is 23.5. The molecule has 0 radical (unpaired) electrons. The van der Waals surface area contributed by atoms with Crippen LogP contribution in [0.25, 0.3) is 5.57 Å². The van der Waals surface area contributed by atoms with Gasteiger partial charge in [-0.05, 0) is 17.7 Å². The average molecular weight is 452 g/mol. The minimum atomic E-state index is -1.80. The van der Waals surface area contributed by atoms with Crippen molar-refractivity contribution in [3.63, 3.8) is 0 Å². The third-order valence-electron chi connectivity index (χ3n) is 4.71. The molecule has 166 valence electrons. The number of halogens is 3. The van der Waals surface area contributed by atoms with Crippen molar-refractivity contribution in [1.82, 2.24) is 0 Å². The van der Waals surface area contributed by atoms with E-state index in [1.807, 2.05) is 0 Å². The van der Waals surface area contributed by atoms with Crippen LogP contribution in [0.4, 0.5) is 13.2 Å². The molecule has 2 aromatic carbocycles. The number of allylic oxidation sites excluding steroid dienone is 2. The van der Waals surface area contributed by atoms with E-state index in [1.54, 1.807) is 36.3 Å². The van der Waals surface area contributed by atoms with E-state index in [1.165, 1.54) is 31.4 Å². The zero-order chi connectivity index (χ0) is 24.0. The van der Waals surface area contributed by atoms with Crippen LogP contribution in [0.15, 0.2) is 53.8 Å². The van der Waals surface area contributed by atoms with Gasteiger partial charge in [0.25, 0.3) is 0 Å². The molecule has 3 rings (SSSR count). The number of nitriles is 2. The minimum Gasteiger partial charge on any atom is -0.452 e. The van der Waals surface area contributed by atoms with Crippen LogP contribution < -0.4 is 4.74 Å². The smallest absolute Gasteiger partial charge is 0.205 e. The van der Waals surface area contributed by atoms with Crippen molar-refractivity contribution < 1.29 is 32.2 Å². The summed E-state index contributed by atoms with van der Waals surface area (Å²) in [5.41, 5.74) is -1.30. The number of hydrogen-bond donors (Lipinski definition) is 0. The second-order valence-electron chi connectivity index (χ2n) is 6.63. The standard InChI is InChI=1S/C24H15F3N2O4/c1-31-9-10-32-22-15(13-30)7-8-16(14-5-3-2-4-6-14)23(22)33-24-20(26)18(12-29)17(11-28)19(25)21(24)27/h2-8,22H,9-10H2,1H3. The van der Waals surface area contributed by atoms with Crippen LogP contribution in [0, 0.1) is 40.1 Å². The van der Waals surface area contributed by atoms with Crippen LogP contribution >= 0.6 is 0 Å². The average Bonchev–Trinajstić information content (AvgIpc) is 2.84. The quantitative estimate of drug-likeness (QED) is 0.358. The number of ether oxygens (including phenoxy) is 3. The van der Waals surface area contributed by atoms with Gasteiger partial charge in [-0.2, -0.15) is 14.9 Å². The normalized spacial score (nSPS) is 15.1. The number of carbonyl (C=O) groups excluding carboxylic acids is 1. The molecule has 0 spiro atoms. The largest absolute Gasteiger partial charge is 0.452 e. The Balaban J connectivity index is 2.24. The zero-order valence-corrected chi connectivity index (χ0v) is 17.2. The van der Waals surface area contributed by atoms with Crippen LogP contribution in [0.2, 0.25) is 0 Å². The maximum Gasteiger partial charge on any atom is 0.205 e. The van der Waals surface area contributed by atoms with Gasteiger partial charge in [-0.3, -0.25) is 0 Å². The Labute approximate surface area is 187 Å². The van der Waals surface area contributed by atoms with Crippen molar-refractivity contribution in [3.05, 3.63) is 88.0 Å². The predicted octanol–water partition coefficient (Wildman–Crippen LogP) is 4.00. The molecule has 0 fully saturated rings. The van der Waals surface area contributed by atoms with Crippen LogP contribution in [0.1, 0.15) is 16.7 Å². The molecule has 0 amide bonds. The van der Waals surface area contributed by atoms with E-state index in [9.17, 15) is 23.2 Å². The van der Waals surface area contributed by atoms with E-state index in [-0.39, 0.29) is 24.5 Å². The minimum absolute atomic E-state index is 0.0226. The Hall–Kier alpha value is -4.14. The van der Waals surface area contributed by atoms with Gasteiger partial charge in [0.1, 0.15) is 35.0 Å². The number of benzene rings is 2. The van der Waals surface area contributed by atoms with E-state index in [0.29, 0.717) is 11.1 Å². The van der Waals surface area contributed by atoms with Crippen molar-refractivity contribution in [2.24, 2.45) is 0 Å². The van der Waals surface area contributed by atoms with Crippen LogP contribution in [-0.4, -0.2) is 32.4 Å². The highest BCUT2D eigenvalue weighted by atomic mass is 19.2. The first-order valence-electron chi connectivity index (χ1n) is 9.50. The third-order valence-corrected chi connectivity index (χ3v) is 4.71. The van der Waals surface area contributed by atoms with Gasteiger partial charge in [-0.25, -0.2) is 13.6 Å². The van der Waals surface area contributed by atoms with Gasteiger partial charge in [-0.15, -0.1) is 0 Å². The van der Waals surface area contributed by atoms with Gasteiger partial charge in [-0.1, -0.05) is 30.3 Å². The van der Waals surface area contributed by atoms with Gasteiger partial charge in [0, 0.05) is 12.7 Å². The maximum atomic E-state index is 15.0. The fourth-order valence-corrected chi connectivity index (χ4v) is 3.14. The highest BCUT2D eigenvalue weighted by Crippen LogP contribution is 2.37. The Morgan fingerprint density at radius 3 is 2.21 bits per heavy atom. The Bertz CT molecular complexity index is 1270. The molecule has 0 saturated heterocycles. The molecule has 6 nitrogen and oxygen atoms in total. The van der Waals surface area contributed by atoms with Crippen molar-refractivity contribution >= 4 is 11.5 Å². The summed E-state index contributed by atoms with van der Waals surface area (Å²) in [6.07, 6.45) is 1.61. The summed E-state index contributed by atoms with van der Waals surface area (Å²) in [7, 11) is 1.43. The summed E-state index contributed by atoms with van der Waals surface area (Å²) in [5, 5.41) is 18.2. The van der Waals surface area contributed by atoms with Crippen molar-refractivity contribution in [2.75, 3.05) is 20.3 Å². The lowest BCUT2D eigenvalue weighted by Crippen LogP contribution is -2.27. The molecule has 33 heavy (non-hydrogen) atoms. The fraction of sp³-hybridized carbons (Fsp3) is 0.167. The predicted molar refractivity (Wildman–Crippen MR) is 110 cm³/mol. The Kier molecular flexibility index (Phi) is 7.45. The van der Waals surface area contributed by atoms with Crippen molar-refractivity contribution in [3.8, 4) is 17.9 Å². The third kappa shape index (κ3) is 4.57. The number of nitrogens with zero attached hydrogens (tertiary/aromatic N) is 2. The number of rotatable bonds is 7. The van der Waals surface area contributed by atoms with Crippen LogP contribution in [0.5, 0.6) is 5.75 Å². The van der Waals surface area contributed by atoms with Gasteiger partial charge < -0.3 is 14.2 Å². The highest BCUT2D eigenvalue weighted by Gasteiger charge is 2.33. The van der Waals surface area contributed by atoms with Gasteiger partial charge in [0.15, 0.2) is 17.7 Å². The molecule has 1 unspecified atom stereocenters. The van der Waals surface area contributed by atoms with Gasteiger partial charge in [0.2, 0.25) is 11.6 Å². The first-order valence-corrected chi connectivity index (χ1v) is 9.50. The summed E-state index contributed by atoms with van der Waals surface area (Å²) >= 11 is 0. The Morgan fingerprint density at radius 1 is 0.939 bits per heavy atom. The molecule has 2 aromatic rings. The van der Waals surface area contributed by atoms with Crippen LogP contribution in [0.3, 0.4) is 0 Å². The molecule has 0 saturated carbocycles. The summed E-state index contributed by atoms with van der Waals surface area (Å²) in [4.78, 5) is 11.5. The summed E-state index contributed by atoms with van der Waals surface area (Å²) < 4.78 is 60.2. The SMILES string of the molecule is COCCOC1C(=C=O)C=CC(c2ccccc2)=C1Oc1c(F)c(F)c(C#N)c(C#N)c1F. The lowest BCUT2D eigenvalue weighted by Gasteiger charge is -2.26. The molecule has 1 aliphatic rings. The number of hydrogen-bond acceptors (Lipinski definition) is 6. The molecule has 0 aromatic heterocycles. The molecule has 9 heteroatoms. The summed E-state index contributed by atoms with van der Waals surface area (Å²) in [6.45, 7) is 0.109. The molecule has 1 aliphatic carbocycles. The Morgan fingerprint density at radius 2 is 1.61 bits per heavy atom. The lowest BCUT2D eigenvalue weighted by atomic mass is 9.93. The van der Waals surface area contributed by atoms with E-state index in [2.05, 4.69) is 0 Å². The maximum absolute atomic E-state index is 15.0. The molecule has 0 bridgehead atoms. The van der Waals surface area contributed by atoms with E-state index in [4.69, 9.17) is 19.5 Å². The lowest BCUT2D eigenvalue weighted by molar-refractivity contribution is 0.0365. The topological polar surface area (TPSA) is 92.3 Å². The highest BCUT2D eigenvalue weighted by molar-refractivity contribution is 5.82. The zero-order valence-electron chi connectivity index (χ0n) is 17.2. The fourth-order valence-electron chi connectivity index (χ4n) is 3.14. The summed E-state index contributed by atoms with van der Waals surface area (Å²) in [6, 6.07) is 11.1. The second kappa shape index (κ2) is 10.4. The monoisotopic (exact) mass is 452 g/mol. The van der Waals surface area contributed by atoms with E-state index < -0.39 is 40.4 Å². The van der Waals surface area contributed by atoms with Gasteiger partial charge in [0.05, 0.1) is 18.8 Å². The first-order chi connectivity index (χ1) is 16.0. The molecule has 1 atom stereocenters. The molecule has 0 N–H and O–H groups in total.